The summed E-state index contributed by atoms with van der Waals surface area (Å²) < 4.78 is 28.3. The maximum atomic E-state index is 12.2. The lowest BCUT2D eigenvalue weighted by Crippen LogP contribution is -2.40. The number of likely N-dealkylation sites (tertiary alicyclic amines) is 1. The first kappa shape index (κ1) is 14.7. The smallest absolute Gasteiger partial charge is 0.387 e. The summed E-state index contributed by atoms with van der Waals surface area (Å²) in [5.74, 6) is 0.461. The van der Waals surface area contributed by atoms with E-state index < -0.39 is 6.61 Å². The molecule has 1 saturated heterocycles. The highest BCUT2D eigenvalue weighted by atomic mass is 19.3. The Morgan fingerprint density at radius 3 is 2.40 bits per heavy atom. The zero-order valence-electron chi connectivity index (χ0n) is 11.1. The van der Waals surface area contributed by atoms with E-state index in [-0.39, 0.29) is 11.7 Å². The van der Waals surface area contributed by atoms with Gasteiger partial charge in [0.1, 0.15) is 5.75 Å². The fourth-order valence-corrected chi connectivity index (χ4v) is 2.33. The molecule has 1 heterocycles. The van der Waals surface area contributed by atoms with E-state index in [2.05, 4.69) is 4.74 Å². The van der Waals surface area contributed by atoms with Gasteiger partial charge in [0.05, 0.1) is 0 Å². The van der Waals surface area contributed by atoms with E-state index in [4.69, 9.17) is 5.73 Å². The molecule has 2 N–H and O–H groups in total. The summed E-state index contributed by atoms with van der Waals surface area (Å²) in [6.45, 7) is -0.819. The van der Waals surface area contributed by atoms with Gasteiger partial charge in [-0.1, -0.05) is 0 Å². The molecule has 1 aliphatic heterocycles. The Morgan fingerprint density at radius 2 is 1.90 bits per heavy atom. The van der Waals surface area contributed by atoms with E-state index in [1.54, 1.807) is 4.90 Å². The van der Waals surface area contributed by atoms with Gasteiger partial charge in [0.15, 0.2) is 0 Å². The first-order chi connectivity index (χ1) is 9.60. The van der Waals surface area contributed by atoms with Gasteiger partial charge in [-0.2, -0.15) is 8.78 Å². The molecule has 0 aromatic heterocycles. The van der Waals surface area contributed by atoms with Crippen LogP contribution in [0, 0.1) is 5.92 Å². The molecular weight excluding hydrogens is 266 g/mol. The molecule has 1 fully saturated rings. The zero-order chi connectivity index (χ0) is 14.5. The summed E-state index contributed by atoms with van der Waals surface area (Å²) in [6.07, 6.45) is 1.82. The van der Waals surface area contributed by atoms with Crippen molar-refractivity contribution < 1.29 is 18.3 Å². The number of amides is 1. The van der Waals surface area contributed by atoms with Crippen molar-refractivity contribution in [3.8, 4) is 5.75 Å². The molecule has 0 radical (unpaired) electrons. The van der Waals surface area contributed by atoms with E-state index in [0.717, 1.165) is 12.8 Å². The molecule has 1 amide bonds. The molecule has 4 nitrogen and oxygen atoms in total. The third kappa shape index (κ3) is 3.66. The molecule has 1 aliphatic rings. The molecular formula is C14H18F2N2O2. The molecule has 0 atom stereocenters. The molecule has 2 rings (SSSR count). The van der Waals surface area contributed by atoms with E-state index in [1.165, 1.54) is 24.3 Å². The topological polar surface area (TPSA) is 55.6 Å². The number of alkyl halides is 2. The van der Waals surface area contributed by atoms with Gasteiger partial charge in [0.25, 0.3) is 5.91 Å². The highest BCUT2D eigenvalue weighted by Crippen LogP contribution is 2.20. The highest BCUT2D eigenvalue weighted by molar-refractivity contribution is 5.94. The second-order valence-electron chi connectivity index (χ2n) is 4.87. The van der Waals surface area contributed by atoms with Crippen LogP contribution in [-0.2, 0) is 0 Å². The van der Waals surface area contributed by atoms with Crippen LogP contribution in [0.5, 0.6) is 5.75 Å². The molecule has 6 heteroatoms. The van der Waals surface area contributed by atoms with E-state index >= 15 is 0 Å². The van der Waals surface area contributed by atoms with Gasteiger partial charge in [-0.05, 0) is 49.6 Å². The fourth-order valence-electron chi connectivity index (χ4n) is 2.33. The Labute approximate surface area is 116 Å². The number of carbonyl (C=O) groups is 1. The van der Waals surface area contributed by atoms with Crippen molar-refractivity contribution in [1.82, 2.24) is 4.90 Å². The van der Waals surface area contributed by atoms with Gasteiger partial charge in [-0.25, -0.2) is 0 Å². The summed E-state index contributed by atoms with van der Waals surface area (Å²) in [5.41, 5.74) is 6.10. The van der Waals surface area contributed by atoms with Crippen LogP contribution in [-0.4, -0.2) is 37.1 Å². The summed E-state index contributed by atoms with van der Waals surface area (Å²) in [4.78, 5) is 14.0. The number of nitrogens with zero attached hydrogens (tertiary/aromatic N) is 1. The molecule has 110 valence electrons. The van der Waals surface area contributed by atoms with Crippen LogP contribution in [0.3, 0.4) is 0 Å². The third-order valence-corrected chi connectivity index (χ3v) is 3.56. The van der Waals surface area contributed by atoms with E-state index in [9.17, 15) is 13.6 Å². The van der Waals surface area contributed by atoms with Crippen LogP contribution in [0.15, 0.2) is 24.3 Å². The number of rotatable bonds is 4. The Morgan fingerprint density at radius 1 is 1.30 bits per heavy atom. The molecule has 0 saturated carbocycles. The quantitative estimate of drug-likeness (QED) is 0.921. The first-order valence-corrected chi connectivity index (χ1v) is 6.64. The SMILES string of the molecule is NCC1CCN(C(=O)c2ccc(OC(F)F)cc2)CC1. The summed E-state index contributed by atoms with van der Waals surface area (Å²) >= 11 is 0. The molecule has 0 unspecified atom stereocenters. The number of nitrogens with two attached hydrogens (primary N) is 1. The van der Waals surface area contributed by atoms with Crippen LogP contribution < -0.4 is 10.5 Å². The van der Waals surface area contributed by atoms with Gasteiger partial charge in [-0.15, -0.1) is 0 Å². The number of carbonyl (C=O) groups excluding carboxylic acids is 1. The Balaban J connectivity index is 1.95. The first-order valence-electron chi connectivity index (χ1n) is 6.64. The minimum Gasteiger partial charge on any atom is -0.435 e. The van der Waals surface area contributed by atoms with Gasteiger partial charge in [0, 0.05) is 18.7 Å². The Kier molecular flexibility index (Phi) is 4.89. The standard InChI is InChI=1S/C14H18F2N2O2/c15-14(16)20-12-3-1-11(2-4-12)13(19)18-7-5-10(9-17)6-8-18/h1-4,10,14H,5-9,17H2. The number of halogens is 2. The molecule has 0 bridgehead atoms. The average Bonchev–Trinajstić information content (AvgIpc) is 2.47. The minimum absolute atomic E-state index is 0.0541. The largest absolute Gasteiger partial charge is 0.435 e. The van der Waals surface area contributed by atoms with Crippen molar-refractivity contribution in [3.63, 3.8) is 0 Å². The van der Waals surface area contributed by atoms with Crippen LogP contribution in [0.1, 0.15) is 23.2 Å². The fraction of sp³-hybridized carbons (Fsp3) is 0.500. The lowest BCUT2D eigenvalue weighted by molar-refractivity contribution is -0.0498. The van der Waals surface area contributed by atoms with Crippen molar-refractivity contribution in [2.75, 3.05) is 19.6 Å². The van der Waals surface area contributed by atoms with Crippen molar-refractivity contribution in [2.45, 2.75) is 19.5 Å². The second kappa shape index (κ2) is 6.65. The van der Waals surface area contributed by atoms with Gasteiger partial charge < -0.3 is 15.4 Å². The molecule has 1 aromatic carbocycles. The molecule has 20 heavy (non-hydrogen) atoms. The highest BCUT2D eigenvalue weighted by Gasteiger charge is 2.22. The van der Waals surface area contributed by atoms with Crippen molar-refractivity contribution in [2.24, 2.45) is 11.7 Å². The van der Waals surface area contributed by atoms with Gasteiger partial charge in [0.2, 0.25) is 0 Å². The number of hydrogen-bond acceptors (Lipinski definition) is 3. The molecule has 0 aliphatic carbocycles. The van der Waals surface area contributed by atoms with Gasteiger partial charge >= 0.3 is 6.61 Å². The summed E-state index contributed by atoms with van der Waals surface area (Å²) in [7, 11) is 0. The lowest BCUT2D eigenvalue weighted by atomic mass is 9.96. The van der Waals surface area contributed by atoms with Crippen LogP contribution >= 0.6 is 0 Å². The van der Waals surface area contributed by atoms with Crippen LogP contribution in [0.4, 0.5) is 8.78 Å². The lowest BCUT2D eigenvalue weighted by Gasteiger charge is -2.31. The Hall–Kier alpha value is -1.69. The third-order valence-electron chi connectivity index (χ3n) is 3.56. The maximum Gasteiger partial charge on any atom is 0.387 e. The molecule has 1 aromatic rings. The van der Waals surface area contributed by atoms with Crippen molar-refractivity contribution in [1.29, 1.82) is 0 Å². The van der Waals surface area contributed by atoms with Crippen LogP contribution in [0.25, 0.3) is 0 Å². The number of hydrogen-bond donors (Lipinski definition) is 1. The molecule has 0 spiro atoms. The predicted molar refractivity (Wildman–Crippen MR) is 70.8 cm³/mol. The van der Waals surface area contributed by atoms with Crippen molar-refractivity contribution >= 4 is 5.91 Å². The Bertz CT molecular complexity index is 443. The monoisotopic (exact) mass is 284 g/mol. The zero-order valence-corrected chi connectivity index (χ0v) is 11.1. The number of piperidine rings is 1. The number of ether oxygens (including phenoxy) is 1. The summed E-state index contributed by atoms with van der Waals surface area (Å²) in [6, 6.07) is 5.78. The van der Waals surface area contributed by atoms with E-state index in [0.29, 0.717) is 31.1 Å². The maximum absolute atomic E-state index is 12.2. The normalized spacial score (nSPS) is 16.5. The average molecular weight is 284 g/mol. The predicted octanol–water partition coefficient (Wildman–Crippen LogP) is 2.10. The van der Waals surface area contributed by atoms with Crippen LogP contribution in [0.2, 0.25) is 0 Å². The summed E-state index contributed by atoms with van der Waals surface area (Å²) in [5, 5.41) is 0. The number of benzene rings is 1. The van der Waals surface area contributed by atoms with Gasteiger partial charge in [-0.3, -0.25) is 4.79 Å². The second-order valence-corrected chi connectivity index (χ2v) is 4.87. The van der Waals surface area contributed by atoms with E-state index in [1.807, 2.05) is 0 Å². The van der Waals surface area contributed by atoms with Crippen molar-refractivity contribution in [3.05, 3.63) is 29.8 Å². The minimum atomic E-state index is -2.85.